The Morgan fingerprint density at radius 2 is 1.50 bits per heavy atom. The van der Waals surface area contributed by atoms with Gasteiger partial charge in [-0.1, -0.05) is 56.8 Å². The lowest BCUT2D eigenvalue weighted by atomic mass is 10.1. The van der Waals surface area contributed by atoms with Gasteiger partial charge in [-0.15, -0.1) is 17.5 Å². The van der Waals surface area contributed by atoms with Gasteiger partial charge in [0.25, 0.3) is 0 Å². The predicted molar refractivity (Wildman–Crippen MR) is 103 cm³/mol. The fraction of sp³-hybridized carbons (Fsp3) is 0.412. The van der Waals surface area contributed by atoms with E-state index in [1.165, 1.54) is 0 Å². The lowest BCUT2D eigenvalue weighted by Crippen LogP contribution is -2.16. The molecule has 24 heavy (non-hydrogen) atoms. The zero-order valence-electron chi connectivity index (χ0n) is 14.8. The van der Waals surface area contributed by atoms with E-state index in [1.54, 1.807) is 0 Å². The summed E-state index contributed by atoms with van der Waals surface area (Å²) in [5, 5.41) is -0.404. The molecule has 0 unspecified atom stereocenters. The van der Waals surface area contributed by atoms with Gasteiger partial charge in [0.05, 0.1) is 10.6 Å². The minimum absolute atomic E-state index is 0.166. The van der Waals surface area contributed by atoms with E-state index in [-0.39, 0.29) is 11.3 Å². The molecule has 0 aromatic heterocycles. The molecule has 1 rings (SSSR count). The zero-order chi connectivity index (χ0) is 19.3. The van der Waals surface area contributed by atoms with Gasteiger partial charge >= 0.3 is 6.18 Å². The van der Waals surface area contributed by atoms with Gasteiger partial charge in [0.15, 0.2) is 0 Å². The van der Waals surface area contributed by atoms with E-state index < -0.39 is 32.9 Å². The summed E-state index contributed by atoms with van der Waals surface area (Å²) in [7, 11) is -2.77. The first-order valence-electron chi connectivity index (χ1n) is 7.24. The minimum Gasteiger partial charge on any atom is -0.398 e. The number of halogens is 4. The van der Waals surface area contributed by atoms with Gasteiger partial charge in [-0.3, -0.25) is 0 Å². The van der Waals surface area contributed by atoms with E-state index in [0.717, 1.165) is 12.1 Å². The second-order valence-electron chi connectivity index (χ2n) is 7.31. The van der Waals surface area contributed by atoms with Crippen molar-refractivity contribution in [2.24, 2.45) is 0 Å². The lowest BCUT2D eigenvalue weighted by molar-refractivity contribution is -0.137. The Morgan fingerprint density at radius 3 is 1.83 bits per heavy atom. The Labute approximate surface area is 149 Å². The van der Waals surface area contributed by atoms with Crippen LogP contribution in [0.1, 0.15) is 11.1 Å². The van der Waals surface area contributed by atoms with Crippen molar-refractivity contribution in [1.29, 1.82) is 0 Å². The second-order valence-corrected chi connectivity index (χ2v) is 17.3. The smallest absolute Gasteiger partial charge is 0.398 e. The topological polar surface area (TPSA) is 26.0 Å². The van der Waals surface area contributed by atoms with Crippen molar-refractivity contribution in [1.82, 2.24) is 0 Å². The van der Waals surface area contributed by atoms with E-state index in [4.69, 9.17) is 23.8 Å². The molecule has 0 aliphatic heterocycles. The van der Waals surface area contributed by atoms with Gasteiger partial charge in [-0.05, 0) is 12.1 Å². The van der Waals surface area contributed by atoms with E-state index in [2.05, 4.69) is 36.6 Å². The Morgan fingerprint density at radius 1 is 1.04 bits per heavy atom. The molecule has 0 amide bonds. The number of alkyl halides is 3. The minimum atomic E-state index is -4.50. The molecule has 1 aromatic carbocycles. The highest BCUT2D eigenvalue weighted by Crippen LogP contribution is 2.36. The molecule has 0 radical (unpaired) electrons. The van der Waals surface area contributed by atoms with Crippen LogP contribution in [0.2, 0.25) is 44.3 Å². The third kappa shape index (κ3) is 9.07. The first kappa shape index (κ1) is 22.7. The number of hydrogen-bond donors (Lipinski definition) is 1. The molecule has 0 aliphatic carbocycles. The lowest BCUT2D eigenvalue weighted by Gasteiger charge is -2.11. The zero-order valence-corrected chi connectivity index (χ0v) is 17.6. The monoisotopic (exact) mass is 389 g/mol. The molecule has 0 saturated heterocycles. The molecule has 0 saturated carbocycles. The number of nitrogens with two attached hydrogens (primary N) is 1. The van der Waals surface area contributed by atoms with E-state index in [9.17, 15) is 13.2 Å². The number of hydrogen-bond acceptors (Lipinski definition) is 1. The van der Waals surface area contributed by atoms with Crippen LogP contribution in [0, 0.1) is 23.4 Å². The highest BCUT2D eigenvalue weighted by Gasteiger charge is 2.33. The molecule has 0 bridgehead atoms. The summed E-state index contributed by atoms with van der Waals surface area (Å²) in [6.07, 6.45) is 0.618. The van der Waals surface area contributed by atoms with Gasteiger partial charge in [-0.2, -0.15) is 13.2 Å². The van der Waals surface area contributed by atoms with Crippen LogP contribution in [0.4, 0.5) is 18.9 Å². The summed E-state index contributed by atoms with van der Waals surface area (Å²) in [4.78, 5) is 0. The van der Waals surface area contributed by atoms with Crippen LogP contribution in [-0.4, -0.2) is 16.1 Å². The summed E-state index contributed by atoms with van der Waals surface area (Å²) < 4.78 is 38.0. The molecule has 0 fully saturated rings. The SMILES string of the molecule is C#C[Si](C)(C)C.C[Si](C)(C)C#Cc1cc(C(F)(F)F)c(Cl)cc1N. The van der Waals surface area contributed by atoms with E-state index >= 15 is 0 Å². The molecular weight excluding hydrogens is 367 g/mol. The quantitative estimate of drug-likeness (QED) is 0.345. The normalized spacial score (nSPS) is 11.5. The maximum Gasteiger partial charge on any atom is 0.417 e. The summed E-state index contributed by atoms with van der Waals surface area (Å²) in [6, 6.07) is 2.00. The predicted octanol–water partition coefficient (Wildman–Crippen LogP) is 5.67. The molecule has 0 aliphatic rings. The summed E-state index contributed by atoms with van der Waals surface area (Å²) in [6.45, 7) is 12.4. The molecule has 1 nitrogen and oxygen atoms in total. The van der Waals surface area contributed by atoms with Crippen LogP contribution in [-0.2, 0) is 6.18 Å². The first-order chi connectivity index (χ1) is 10.6. The van der Waals surface area contributed by atoms with Crippen LogP contribution in [0.25, 0.3) is 0 Å². The highest BCUT2D eigenvalue weighted by molar-refractivity contribution is 6.84. The van der Waals surface area contributed by atoms with E-state index in [1.807, 2.05) is 19.6 Å². The largest absolute Gasteiger partial charge is 0.417 e. The van der Waals surface area contributed by atoms with Crippen molar-refractivity contribution in [3.8, 4) is 23.4 Å². The Bertz CT molecular complexity index is 682. The van der Waals surface area contributed by atoms with Crippen molar-refractivity contribution in [2.75, 3.05) is 5.73 Å². The van der Waals surface area contributed by atoms with Crippen LogP contribution >= 0.6 is 11.6 Å². The van der Waals surface area contributed by atoms with Crippen molar-refractivity contribution in [2.45, 2.75) is 45.5 Å². The summed E-state index contributed by atoms with van der Waals surface area (Å²) in [5.74, 6) is 2.72. The maximum atomic E-state index is 12.7. The second kappa shape index (κ2) is 8.16. The van der Waals surface area contributed by atoms with Crippen LogP contribution in [0.3, 0.4) is 0 Å². The molecular formula is C17H23ClF3NSi2. The average molecular weight is 390 g/mol. The molecule has 0 heterocycles. The Kier molecular flexibility index (Phi) is 7.70. The number of benzene rings is 1. The number of terminal acetylenes is 1. The highest BCUT2D eigenvalue weighted by atomic mass is 35.5. The van der Waals surface area contributed by atoms with Gasteiger partial charge < -0.3 is 5.73 Å². The summed E-state index contributed by atoms with van der Waals surface area (Å²) in [5.41, 5.74) is 10.8. The van der Waals surface area contributed by atoms with Crippen molar-refractivity contribution < 1.29 is 13.2 Å². The Hall–Kier alpha value is -1.35. The van der Waals surface area contributed by atoms with Crippen LogP contribution in [0.15, 0.2) is 12.1 Å². The third-order valence-corrected chi connectivity index (χ3v) is 4.50. The van der Waals surface area contributed by atoms with Crippen molar-refractivity contribution in [3.63, 3.8) is 0 Å². The standard InChI is InChI=1S/C12H13ClF3NSi.C5H10Si/c1-18(2,3)5-4-8-6-9(12(14,15)16)10(13)7-11(8)17;1-5-6(2,3)4/h6-7H,17H2,1-3H3;1H,2-4H3. The fourth-order valence-corrected chi connectivity index (χ4v) is 1.96. The van der Waals surface area contributed by atoms with Gasteiger partial charge in [-0.25, -0.2) is 0 Å². The number of anilines is 1. The third-order valence-electron chi connectivity index (χ3n) is 2.45. The van der Waals surface area contributed by atoms with Gasteiger partial charge in [0.2, 0.25) is 0 Å². The molecule has 2 N–H and O–H groups in total. The number of nitrogen functional groups attached to an aromatic ring is 1. The molecule has 0 atom stereocenters. The Balaban J connectivity index is 0.000000754. The van der Waals surface area contributed by atoms with Crippen LogP contribution < -0.4 is 5.73 Å². The first-order valence-corrected chi connectivity index (χ1v) is 14.6. The summed E-state index contributed by atoms with van der Waals surface area (Å²) >= 11 is 5.54. The van der Waals surface area contributed by atoms with Crippen molar-refractivity contribution in [3.05, 3.63) is 28.3 Å². The van der Waals surface area contributed by atoms with Crippen LogP contribution in [0.5, 0.6) is 0 Å². The van der Waals surface area contributed by atoms with Crippen molar-refractivity contribution >= 4 is 33.4 Å². The molecule has 7 heteroatoms. The molecule has 0 spiro atoms. The van der Waals surface area contributed by atoms with Gasteiger partial charge in [0, 0.05) is 11.3 Å². The molecule has 132 valence electrons. The van der Waals surface area contributed by atoms with E-state index in [0.29, 0.717) is 0 Å². The maximum absolute atomic E-state index is 12.7. The fourth-order valence-electron chi connectivity index (χ4n) is 1.17. The number of rotatable bonds is 0. The average Bonchev–Trinajstić information content (AvgIpc) is 2.35. The molecule has 1 aromatic rings. The van der Waals surface area contributed by atoms with Gasteiger partial charge in [0.1, 0.15) is 16.1 Å².